The molecule has 0 aromatic carbocycles. The lowest BCUT2D eigenvalue weighted by molar-refractivity contribution is -0.433. The maximum atomic E-state index is 10.9. The smallest absolute Gasteiger partial charge is 0.357 e. The van der Waals surface area contributed by atoms with Crippen LogP contribution in [0.15, 0.2) is 12.7 Å². The van der Waals surface area contributed by atoms with E-state index < -0.39 is 43.0 Å². The zero-order chi connectivity index (χ0) is 13.2. The minimum Gasteiger partial charge on any atom is -0.402 e. The summed E-state index contributed by atoms with van der Waals surface area (Å²) in [6, 6.07) is 0. The average Bonchev–Trinajstić information content (AvgIpc) is 2.31. The number of rotatable bonds is 3. The van der Waals surface area contributed by atoms with Crippen molar-refractivity contribution in [3.8, 4) is 0 Å². The fraction of sp³-hybridized carbons (Fsp3) is 0.667. The van der Waals surface area contributed by atoms with Crippen LogP contribution in [0.3, 0.4) is 0 Å². The Morgan fingerprint density at radius 1 is 1.41 bits per heavy atom. The van der Waals surface area contributed by atoms with Gasteiger partial charge in [0.1, 0.15) is 18.3 Å². The molecule has 1 fully saturated rings. The van der Waals surface area contributed by atoms with Crippen LogP contribution in [-0.4, -0.2) is 68.5 Å². The van der Waals surface area contributed by atoms with Gasteiger partial charge in [-0.1, -0.05) is 6.58 Å². The Morgan fingerprint density at radius 2 is 2.00 bits per heavy atom. The molecule has 5 atom stereocenters. The van der Waals surface area contributed by atoms with Crippen molar-refractivity contribution in [1.29, 1.82) is 0 Å². The molecule has 1 rings (SSSR count). The third-order valence-corrected chi connectivity index (χ3v) is 2.34. The molecule has 0 aromatic heterocycles. The van der Waals surface area contributed by atoms with Gasteiger partial charge < -0.3 is 35.0 Å². The number of hydrogen-bond donors (Lipinski definition) is 5. The van der Waals surface area contributed by atoms with Crippen molar-refractivity contribution in [3.63, 3.8) is 0 Å². The molecule has 0 radical (unpaired) electrons. The SMILES string of the molecule is C=CC(=O)O[C@@]1(O)O[C@H](CO)[C@@H](O)[C@H](O)[C@@H]1O. The van der Waals surface area contributed by atoms with E-state index in [1.165, 1.54) is 0 Å². The van der Waals surface area contributed by atoms with Crippen LogP contribution in [0.25, 0.3) is 0 Å². The molecule has 0 saturated carbocycles. The molecule has 0 bridgehead atoms. The second-order valence-corrected chi connectivity index (χ2v) is 3.52. The number of esters is 1. The summed E-state index contributed by atoms with van der Waals surface area (Å²) in [7, 11) is 0. The highest BCUT2D eigenvalue weighted by atomic mass is 16.8. The van der Waals surface area contributed by atoms with Crippen molar-refractivity contribution < 1.29 is 39.8 Å². The Bertz CT molecular complexity index is 303. The maximum absolute atomic E-state index is 10.9. The molecule has 1 aliphatic rings. The lowest BCUT2D eigenvalue weighted by Crippen LogP contribution is -2.66. The number of carbonyl (C=O) groups excluding carboxylic acids is 1. The van der Waals surface area contributed by atoms with Crippen LogP contribution in [-0.2, 0) is 14.3 Å². The molecule has 98 valence electrons. The van der Waals surface area contributed by atoms with Crippen molar-refractivity contribution in [2.45, 2.75) is 30.4 Å². The highest BCUT2D eigenvalue weighted by Gasteiger charge is 2.55. The minimum absolute atomic E-state index is 0.708. The monoisotopic (exact) mass is 250 g/mol. The van der Waals surface area contributed by atoms with Crippen molar-refractivity contribution >= 4 is 5.97 Å². The number of carbonyl (C=O) groups is 1. The summed E-state index contributed by atoms with van der Waals surface area (Å²) in [5.74, 6) is -3.95. The van der Waals surface area contributed by atoms with Crippen LogP contribution in [0.2, 0.25) is 0 Å². The Hall–Kier alpha value is -1.03. The summed E-state index contributed by atoms with van der Waals surface area (Å²) in [5, 5.41) is 46.7. The predicted molar refractivity (Wildman–Crippen MR) is 51.2 cm³/mol. The largest absolute Gasteiger partial charge is 0.402 e. The molecule has 8 nitrogen and oxygen atoms in total. The van der Waals surface area contributed by atoms with Gasteiger partial charge in [-0.25, -0.2) is 4.79 Å². The second-order valence-electron chi connectivity index (χ2n) is 3.52. The van der Waals surface area contributed by atoms with Gasteiger partial charge in [-0.3, -0.25) is 0 Å². The van der Waals surface area contributed by atoms with E-state index in [0.717, 1.165) is 0 Å². The predicted octanol–water partition coefficient (Wildman–Crippen LogP) is -3.16. The van der Waals surface area contributed by atoms with Gasteiger partial charge in [0.2, 0.25) is 0 Å². The van der Waals surface area contributed by atoms with Crippen LogP contribution in [0.5, 0.6) is 0 Å². The Labute approximate surface area is 96.3 Å². The van der Waals surface area contributed by atoms with E-state index in [1.54, 1.807) is 0 Å². The van der Waals surface area contributed by atoms with Crippen molar-refractivity contribution in [1.82, 2.24) is 0 Å². The van der Waals surface area contributed by atoms with Gasteiger partial charge >= 0.3 is 11.9 Å². The first-order chi connectivity index (χ1) is 7.85. The van der Waals surface area contributed by atoms with Crippen LogP contribution in [0, 0.1) is 0 Å². The van der Waals surface area contributed by atoms with E-state index in [0.29, 0.717) is 6.08 Å². The summed E-state index contributed by atoms with van der Waals surface area (Å²) < 4.78 is 8.98. The van der Waals surface area contributed by atoms with E-state index in [1.807, 2.05) is 0 Å². The van der Waals surface area contributed by atoms with Crippen molar-refractivity contribution in [2.75, 3.05) is 6.61 Å². The Kier molecular flexibility index (Phi) is 4.20. The molecule has 5 N–H and O–H groups in total. The lowest BCUT2D eigenvalue weighted by Gasteiger charge is -2.43. The fourth-order valence-corrected chi connectivity index (χ4v) is 1.39. The zero-order valence-corrected chi connectivity index (χ0v) is 8.76. The molecule has 0 spiro atoms. The zero-order valence-electron chi connectivity index (χ0n) is 8.76. The molecule has 0 unspecified atom stereocenters. The van der Waals surface area contributed by atoms with Crippen molar-refractivity contribution in [3.05, 3.63) is 12.7 Å². The molecule has 1 saturated heterocycles. The summed E-state index contributed by atoms with van der Waals surface area (Å²) in [6.07, 6.45) is -6.25. The molecule has 17 heavy (non-hydrogen) atoms. The van der Waals surface area contributed by atoms with Gasteiger partial charge in [-0.2, -0.15) is 0 Å². The van der Waals surface area contributed by atoms with Gasteiger partial charge in [-0.05, 0) is 0 Å². The second kappa shape index (κ2) is 5.08. The topological polar surface area (TPSA) is 137 Å². The molecular formula is C9H14O8. The van der Waals surface area contributed by atoms with Crippen molar-refractivity contribution in [2.24, 2.45) is 0 Å². The highest BCUT2D eigenvalue weighted by molar-refractivity contribution is 5.81. The number of aliphatic hydroxyl groups is 5. The molecule has 1 aliphatic heterocycles. The molecule has 1 heterocycles. The van der Waals surface area contributed by atoms with E-state index >= 15 is 0 Å². The minimum atomic E-state index is -2.85. The first-order valence-electron chi connectivity index (χ1n) is 4.76. The summed E-state index contributed by atoms with van der Waals surface area (Å²) in [6.45, 7) is 2.32. The van der Waals surface area contributed by atoms with Crippen LogP contribution < -0.4 is 0 Å². The fourth-order valence-electron chi connectivity index (χ4n) is 1.39. The van der Waals surface area contributed by atoms with Gasteiger partial charge in [0.15, 0.2) is 6.10 Å². The maximum Gasteiger partial charge on any atom is 0.357 e. The Morgan fingerprint density at radius 3 is 2.47 bits per heavy atom. The molecule has 0 aliphatic carbocycles. The van der Waals surface area contributed by atoms with Gasteiger partial charge in [0.25, 0.3) is 0 Å². The third-order valence-electron chi connectivity index (χ3n) is 2.34. The quantitative estimate of drug-likeness (QED) is 0.201. The summed E-state index contributed by atoms with van der Waals surface area (Å²) >= 11 is 0. The Balaban J connectivity index is 2.90. The number of aliphatic hydroxyl groups excluding tert-OH is 4. The first-order valence-corrected chi connectivity index (χ1v) is 4.76. The molecular weight excluding hydrogens is 236 g/mol. The van der Waals surface area contributed by atoms with E-state index in [-0.39, 0.29) is 0 Å². The summed E-state index contributed by atoms with van der Waals surface area (Å²) in [4.78, 5) is 10.9. The first kappa shape index (κ1) is 14.0. The normalized spacial score (nSPS) is 41.9. The van der Waals surface area contributed by atoms with Crippen LogP contribution >= 0.6 is 0 Å². The van der Waals surface area contributed by atoms with E-state index in [4.69, 9.17) is 5.11 Å². The van der Waals surface area contributed by atoms with Gasteiger partial charge in [0, 0.05) is 6.08 Å². The van der Waals surface area contributed by atoms with Gasteiger partial charge in [0.05, 0.1) is 6.61 Å². The number of ether oxygens (including phenoxy) is 2. The van der Waals surface area contributed by atoms with Crippen LogP contribution in [0.4, 0.5) is 0 Å². The van der Waals surface area contributed by atoms with Crippen LogP contribution in [0.1, 0.15) is 0 Å². The lowest BCUT2D eigenvalue weighted by atomic mass is 9.98. The number of hydrogen-bond acceptors (Lipinski definition) is 8. The highest BCUT2D eigenvalue weighted by Crippen LogP contribution is 2.29. The molecule has 0 amide bonds. The summed E-state index contributed by atoms with van der Waals surface area (Å²) in [5.41, 5.74) is 0. The standard InChI is InChI=1S/C9H14O8/c1-2-5(11)17-9(15)8(14)7(13)6(12)4(3-10)16-9/h2,4,6-8,10,12-15H,1,3H2/t4-,6-,7+,8+,9+/m1/s1. The average molecular weight is 250 g/mol. The third kappa shape index (κ3) is 2.63. The molecule has 0 aromatic rings. The molecule has 8 heteroatoms. The van der Waals surface area contributed by atoms with E-state index in [9.17, 15) is 25.2 Å². The van der Waals surface area contributed by atoms with E-state index in [2.05, 4.69) is 16.1 Å². The van der Waals surface area contributed by atoms with Gasteiger partial charge in [-0.15, -0.1) is 0 Å².